The highest BCUT2D eigenvalue weighted by molar-refractivity contribution is 7.47. The number of phosphoric acid groups is 1. The lowest BCUT2D eigenvalue weighted by atomic mass is 10.0. The summed E-state index contributed by atoms with van der Waals surface area (Å²) in [5, 5.41) is 14.1. The van der Waals surface area contributed by atoms with Gasteiger partial charge in [-0.2, -0.15) is 0 Å². The molecule has 3 unspecified atom stereocenters. The molecule has 0 rings (SSSR count). The molecular formula is C71H128N2O6P+. The molecule has 0 saturated heterocycles. The van der Waals surface area contributed by atoms with E-state index in [4.69, 9.17) is 9.05 Å². The van der Waals surface area contributed by atoms with Gasteiger partial charge in [-0.15, -0.1) is 0 Å². The number of allylic oxidation sites excluding steroid dienone is 18. The van der Waals surface area contributed by atoms with E-state index < -0.39 is 20.0 Å². The first-order valence-corrected chi connectivity index (χ1v) is 34.7. The Morgan fingerprint density at radius 3 is 1.10 bits per heavy atom. The number of carbonyl (C=O) groups excluding carboxylic acids is 1. The minimum atomic E-state index is -4.33. The maximum atomic E-state index is 13.0. The van der Waals surface area contributed by atoms with Crippen LogP contribution in [0.3, 0.4) is 0 Å². The van der Waals surface area contributed by atoms with E-state index in [1.165, 1.54) is 161 Å². The number of rotatable bonds is 60. The molecule has 0 aromatic carbocycles. The third-order valence-corrected chi connectivity index (χ3v) is 15.5. The average Bonchev–Trinajstić information content (AvgIpc) is 3.42. The number of nitrogens with zero attached hydrogens (tertiary/aromatic N) is 1. The number of likely N-dealkylation sites (N-methyl/N-ethyl adjacent to an activating group) is 1. The summed E-state index contributed by atoms with van der Waals surface area (Å²) in [6.45, 7) is 4.79. The molecule has 0 aromatic rings. The number of phosphoric ester groups is 1. The largest absolute Gasteiger partial charge is 0.472 e. The van der Waals surface area contributed by atoms with E-state index in [2.05, 4.69) is 129 Å². The Hall–Kier alpha value is -2.84. The smallest absolute Gasteiger partial charge is 0.391 e. The second-order valence-corrected chi connectivity index (χ2v) is 24.9. The zero-order chi connectivity index (χ0) is 58.4. The van der Waals surface area contributed by atoms with Crippen molar-refractivity contribution in [1.82, 2.24) is 5.32 Å². The number of quaternary nitrogens is 1. The van der Waals surface area contributed by atoms with E-state index in [-0.39, 0.29) is 19.1 Å². The summed E-state index contributed by atoms with van der Waals surface area (Å²) >= 11 is 0. The standard InChI is InChI=1S/C71H127N2O6P/c1-6-8-10-12-14-16-18-20-22-24-26-27-28-29-30-31-32-33-34-35-36-37-38-39-40-41-42-43-44-45-47-49-51-53-55-57-59-61-63-65-71(75)72-69(68-79-80(76,77)78-67-66-73(3,4)5)70(74)64-62-60-58-56-54-52-50-48-46-25-23-21-19-17-15-13-11-9-7-2/h8,10,14,16,20,22,26-27,29-30,32-33,35-36,38-39,41-42,69-70,74H,6-7,9,11-13,15,17-19,21,23-25,28,31,34,37,40,43-68H2,1-5H3,(H-,72,75,76,77)/p+1/b10-8-,16-14-,22-20-,27-26-,30-29-,33-32-,36-35-,39-38-,42-41-. The Morgan fingerprint density at radius 2 is 0.750 bits per heavy atom. The van der Waals surface area contributed by atoms with E-state index in [9.17, 15) is 19.4 Å². The molecule has 0 aliphatic rings. The van der Waals surface area contributed by atoms with Crippen LogP contribution in [0.2, 0.25) is 0 Å². The number of hydrogen-bond acceptors (Lipinski definition) is 5. The van der Waals surface area contributed by atoms with Gasteiger partial charge in [0.15, 0.2) is 0 Å². The SMILES string of the molecule is CC/C=C\C/C=C\C/C=C\C/C=C\C/C=C\C/C=C\C/C=C\C/C=C\C/C=C\CCCCCCCCCCCCCC(=O)NC(COP(=O)(O)OCC[N+](C)(C)C)C(O)CCCCCCCCCCCCCCCCCCCCC. The molecular weight excluding hydrogens is 1010 g/mol. The van der Waals surface area contributed by atoms with Crippen LogP contribution in [0.4, 0.5) is 0 Å². The van der Waals surface area contributed by atoms with Gasteiger partial charge in [-0.25, -0.2) is 4.57 Å². The predicted octanol–water partition coefficient (Wildman–Crippen LogP) is 21.1. The Bertz CT molecular complexity index is 1670. The van der Waals surface area contributed by atoms with E-state index in [1.54, 1.807) is 0 Å². The number of carbonyl (C=O) groups is 1. The highest BCUT2D eigenvalue weighted by atomic mass is 31.2. The van der Waals surface area contributed by atoms with Crippen LogP contribution in [0.15, 0.2) is 109 Å². The minimum Gasteiger partial charge on any atom is -0.391 e. The summed E-state index contributed by atoms with van der Waals surface area (Å²) in [5.74, 6) is -0.149. The number of aliphatic hydroxyl groups excluding tert-OH is 1. The summed E-state index contributed by atoms with van der Waals surface area (Å²) in [6, 6.07) is -0.769. The van der Waals surface area contributed by atoms with Gasteiger partial charge in [0, 0.05) is 6.42 Å². The average molecular weight is 1140 g/mol. The van der Waals surface area contributed by atoms with Crippen molar-refractivity contribution in [3.63, 3.8) is 0 Å². The maximum Gasteiger partial charge on any atom is 0.472 e. The molecule has 0 spiro atoms. The number of nitrogens with one attached hydrogen (secondary N) is 1. The molecule has 0 aliphatic carbocycles. The Balaban J connectivity index is 4.07. The van der Waals surface area contributed by atoms with E-state index in [0.717, 1.165) is 96.3 Å². The molecule has 0 saturated carbocycles. The fourth-order valence-corrected chi connectivity index (χ4v) is 10.1. The van der Waals surface area contributed by atoms with Crippen molar-refractivity contribution >= 4 is 13.7 Å². The zero-order valence-corrected chi connectivity index (χ0v) is 53.7. The Kier molecular flexibility index (Phi) is 58.6. The molecule has 0 bridgehead atoms. The maximum absolute atomic E-state index is 13.0. The van der Waals surface area contributed by atoms with Gasteiger partial charge in [0.1, 0.15) is 13.2 Å². The molecule has 0 fully saturated rings. The van der Waals surface area contributed by atoms with Crippen LogP contribution in [-0.4, -0.2) is 73.4 Å². The van der Waals surface area contributed by atoms with Crippen LogP contribution in [0.1, 0.15) is 284 Å². The molecule has 0 aliphatic heterocycles. The van der Waals surface area contributed by atoms with Crippen molar-refractivity contribution < 1.29 is 32.9 Å². The van der Waals surface area contributed by atoms with Crippen molar-refractivity contribution in [3.05, 3.63) is 109 Å². The lowest BCUT2D eigenvalue weighted by Crippen LogP contribution is -2.46. The van der Waals surface area contributed by atoms with Gasteiger partial charge in [-0.05, 0) is 83.5 Å². The van der Waals surface area contributed by atoms with Gasteiger partial charge in [-0.1, -0.05) is 303 Å². The van der Waals surface area contributed by atoms with Crippen molar-refractivity contribution in [2.24, 2.45) is 0 Å². The Labute approximate surface area is 495 Å². The third kappa shape index (κ3) is 62.8. The van der Waals surface area contributed by atoms with Crippen LogP contribution in [0.5, 0.6) is 0 Å². The second kappa shape index (κ2) is 60.7. The molecule has 3 atom stereocenters. The van der Waals surface area contributed by atoms with E-state index in [1.807, 2.05) is 21.1 Å². The first-order chi connectivity index (χ1) is 39.0. The number of aliphatic hydroxyl groups is 1. The van der Waals surface area contributed by atoms with E-state index in [0.29, 0.717) is 23.9 Å². The molecule has 9 heteroatoms. The number of hydrogen-bond donors (Lipinski definition) is 3. The predicted molar refractivity (Wildman–Crippen MR) is 350 cm³/mol. The molecule has 0 heterocycles. The van der Waals surface area contributed by atoms with Crippen molar-refractivity contribution in [2.45, 2.75) is 296 Å². The first-order valence-electron chi connectivity index (χ1n) is 33.3. The van der Waals surface area contributed by atoms with Gasteiger partial charge in [0.25, 0.3) is 0 Å². The van der Waals surface area contributed by atoms with Crippen LogP contribution in [-0.2, 0) is 18.4 Å². The molecule has 80 heavy (non-hydrogen) atoms. The molecule has 0 radical (unpaired) electrons. The van der Waals surface area contributed by atoms with Crippen LogP contribution in [0, 0.1) is 0 Å². The minimum absolute atomic E-state index is 0.0705. The van der Waals surface area contributed by atoms with Crippen molar-refractivity contribution in [1.29, 1.82) is 0 Å². The second-order valence-electron chi connectivity index (χ2n) is 23.5. The van der Waals surface area contributed by atoms with Crippen LogP contribution < -0.4 is 5.32 Å². The van der Waals surface area contributed by atoms with Crippen molar-refractivity contribution in [3.8, 4) is 0 Å². The van der Waals surface area contributed by atoms with Gasteiger partial charge < -0.3 is 19.8 Å². The van der Waals surface area contributed by atoms with Crippen molar-refractivity contribution in [2.75, 3.05) is 40.9 Å². The highest BCUT2D eigenvalue weighted by Gasteiger charge is 2.28. The summed E-state index contributed by atoms with van der Waals surface area (Å²) in [4.78, 5) is 23.4. The van der Waals surface area contributed by atoms with E-state index >= 15 is 0 Å². The zero-order valence-electron chi connectivity index (χ0n) is 52.8. The quantitative estimate of drug-likeness (QED) is 0.0243. The monoisotopic (exact) mass is 1140 g/mol. The summed E-state index contributed by atoms with van der Waals surface area (Å²) in [5.41, 5.74) is 0. The van der Waals surface area contributed by atoms with Crippen LogP contribution >= 0.6 is 7.82 Å². The first kappa shape index (κ1) is 77.2. The number of unbranched alkanes of at least 4 members (excludes halogenated alkanes) is 29. The van der Waals surface area contributed by atoms with Gasteiger partial charge in [-0.3, -0.25) is 13.8 Å². The van der Waals surface area contributed by atoms with Gasteiger partial charge in [0.2, 0.25) is 5.91 Å². The molecule has 0 aromatic heterocycles. The van der Waals surface area contributed by atoms with Gasteiger partial charge in [0.05, 0.1) is 39.9 Å². The third-order valence-electron chi connectivity index (χ3n) is 14.5. The molecule has 1 amide bonds. The van der Waals surface area contributed by atoms with Crippen LogP contribution in [0.25, 0.3) is 0 Å². The normalized spacial score (nSPS) is 14.4. The highest BCUT2D eigenvalue weighted by Crippen LogP contribution is 2.43. The lowest BCUT2D eigenvalue weighted by Gasteiger charge is -2.26. The summed E-state index contributed by atoms with van der Waals surface area (Å²) in [6.07, 6.45) is 88.8. The Morgan fingerprint density at radius 1 is 0.438 bits per heavy atom. The summed E-state index contributed by atoms with van der Waals surface area (Å²) < 4.78 is 23.8. The van der Waals surface area contributed by atoms with Gasteiger partial charge >= 0.3 is 7.82 Å². The molecule has 3 N–H and O–H groups in total. The fraction of sp³-hybridized carbons (Fsp3) is 0.732. The number of amides is 1. The fourth-order valence-electron chi connectivity index (χ4n) is 9.39. The lowest BCUT2D eigenvalue weighted by molar-refractivity contribution is -0.870. The topological polar surface area (TPSA) is 105 Å². The molecule has 8 nitrogen and oxygen atoms in total. The molecule has 462 valence electrons. The summed E-state index contributed by atoms with van der Waals surface area (Å²) in [7, 11) is 1.61.